The zero-order valence-corrected chi connectivity index (χ0v) is 11.1. The van der Waals surface area contributed by atoms with Crippen molar-refractivity contribution in [1.29, 1.82) is 0 Å². The van der Waals surface area contributed by atoms with E-state index in [2.05, 4.69) is 22.1 Å². The number of hydrogen-bond donors (Lipinski definition) is 1. The fourth-order valence-electron chi connectivity index (χ4n) is 2.29. The van der Waals surface area contributed by atoms with Crippen LogP contribution in [-0.4, -0.2) is 24.0 Å². The maximum absolute atomic E-state index is 11.3. The average molecular weight is 247 g/mol. The number of hydrogen-bond acceptors (Lipinski definition) is 3. The van der Waals surface area contributed by atoms with Crippen LogP contribution in [0.1, 0.15) is 33.1 Å². The predicted octanol–water partition coefficient (Wildman–Crippen LogP) is 2.67. The zero-order valence-electron chi connectivity index (χ0n) is 11.1. The second-order valence-electron chi connectivity index (χ2n) is 5.00. The van der Waals surface area contributed by atoms with Gasteiger partial charge in [0.1, 0.15) is 5.82 Å². The lowest BCUT2D eigenvalue weighted by atomic mass is 10.0. The predicted molar refractivity (Wildman–Crippen MR) is 73.8 cm³/mol. The molecular formula is C14H21N3O. The Labute approximate surface area is 108 Å². The van der Waals surface area contributed by atoms with E-state index in [-0.39, 0.29) is 5.91 Å². The molecule has 0 aliphatic carbocycles. The molecule has 1 atom stereocenters. The summed E-state index contributed by atoms with van der Waals surface area (Å²) in [7, 11) is 0. The Hall–Kier alpha value is -1.58. The normalized spacial score (nSPS) is 19.7. The van der Waals surface area contributed by atoms with Gasteiger partial charge < -0.3 is 10.2 Å². The van der Waals surface area contributed by atoms with Gasteiger partial charge in [-0.3, -0.25) is 4.79 Å². The molecule has 4 heteroatoms. The largest absolute Gasteiger partial charge is 0.356 e. The van der Waals surface area contributed by atoms with Crippen LogP contribution in [0.25, 0.3) is 0 Å². The Morgan fingerprint density at radius 2 is 2.39 bits per heavy atom. The van der Waals surface area contributed by atoms with Gasteiger partial charge in [-0.15, -0.1) is 0 Å². The highest BCUT2D eigenvalue weighted by molar-refractivity contribution is 5.90. The number of carbonyl (C=O) groups excluding carboxylic acids is 1. The number of nitrogens with one attached hydrogen (secondary N) is 1. The summed E-state index contributed by atoms with van der Waals surface area (Å²) in [6.45, 7) is 6.28. The molecule has 2 rings (SSSR count). The van der Waals surface area contributed by atoms with Crippen molar-refractivity contribution in [2.45, 2.75) is 33.1 Å². The lowest BCUT2D eigenvalue weighted by Gasteiger charge is -2.31. The van der Waals surface area contributed by atoms with Gasteiger partial charge in [0.15, 0.2) is 0 Å². The minimum Gasteiger partial charge on any atom is -0.356 e. The standard InChI is InChI=1S/C14H21N3O/c1-3-14(18)16-12-6-7-13(15-9-12)17-8-4-5-11(2)10-17/h6-7,9,11H,3-5,8,10H2,1-2H3,(H,16,18). The SMILES string of the molecule is CCC(=O)Nc1ccc(N2CCCC(C)C2)nc1. The summed E-state index contributed by atoms with van der Waals surface area (Å²) in [5.74, 6) is 1.77. The van der Waals surface area contributed by atoms with Crippen LogP contribution in [0.3, 0.4) is 0 Å². The Balaban J connectivity index is 2.00. The fraction of sp³-hybridized carbons (Fsp3) is 0.571. The molecule has 4 nitrogen and oxygen atoms in total. The third kappa shape index (κ3) is 3.22. The second kappa shape index (κ2) is 5.85. The third-order valence-electron chi connectivity index (χ3n) is 3.33. The van der Waals surface area contributed by atoms with Crippen molar-refractivity contribution in [2.24, 2.45) is 5.92 Å². The van der Waals surface area contributed by atoms with Crippen LogP contribution < -0.4 is 10.2 Å². The van der Waals surface area contributed by atoms with Crippen molar-refractivity contribution in [1.82, 2.24) is 4.98 Å². The monoisotopic (exact) mass is 247 g/mol. The van der Waals surface area contributed by atoms with Gasteiger partial charge in [-0.25, -0.2) is 4.98 Å². The maximum atomic E-state index is 11.3. The molecule has 98 valence electrons. The molecule has 18 heavy (non-hydrogen) atoms. The maximum Gasteiger partial charge on any atom is 0.224 e. The molecule has 2 heterocycles. The Bertz CT molecular complexity index is 402. The minimum atomic E-state index is 0.0242. The smallest absolute Gasteiger partial charge is 0.224 e. The highest BCUT2D eigenvalue weighted by atomic mass is 16.1. The summed E-state index contributed by atoms with van der Waals surface area (Å²) in [6, 6.07) is 3.92. The molecule has 1 unspecified atom stereocenters. The van der Waals surface area contributed by atoms with Crippen LogP contribution >= 0.6 is 0 Å². The summed E-state index contributed by atoms with van der Waals surface area (Å²) in [4.78, 5) is 18.0. The average Bonchev–Trinajstić information content (AvgIpc) is 2.39. The summed E-state index contributed by atoms with van der Waals surface area (Å²) in [5.41, 5.74) is 0.774. The van der Waals surface area contributed by atoms with Crippen LogP contribution in [0.5, 0.6) is 0 Å². The first-order valence-corrected chi connectivity index (χ1v) is 6.70. The molecule has 1 amide bonds. The quantitative estimate of drug-likeness (QED) is 0.893. The highest BCUT2D eigenvalue weighted by Gasteiger charge is 2.17. The second-order valence-corrected chi connectivity index (χ2v) is 5.00. The van der Waals surface area contributed by atoms with Gasteiger partial charge in [0.25, 0.3) is 0 Å². The molecule has 1 saturated heterocycles. The van der Waals surface area contributed by atoms with E-state index in [1.165, 1.54) is 12.8 Å². The van der Waals surface area contributed by atoms with Crippen molar-refractivity contribution >= 4 is 17.4 Å². The van der Waals surface area contributed by atoms with E-state index in [1.807, 2.05) is 19.1 Å². The van der Waals surface area contributed by atoms with E-state index < -0.39 is 0 Å². The summed E-state index contributed by atoms with van der Waals surface area (Å²) in [6.07, 6.45) is 4.77. The molecule has 1 fully saturated rings. The van der Waals surface area contributed by atoms with Crippen LogP contribution in [0.4, 0.5) is 11.5 Å². The van der Waals surface area contributed by atoms with E-state index in [1.54, 1.807) is 6.20 Å². The van der Waals surface area contributed by atoms with Crippen LogP contribution in [0.2, 0.25) is 0 Å². The number of carbonyl (C=O) groups is 1. The van der Waals surface area contributed by atoms with Gasteiger partial charge in [0.05, 0.1) is 11.9 Å². The zero-order chi connectivity index (χ0) is 13.0. The first kappa shape index (κ1) is 12.9. The Kier molecular flexibility index (Phi) is 4.18. The molecule has 0 aromatic carbocycles. The number of amides is 1. The molecule has 0 spiro atoms. The Morgan fingerprint density at radius 1 is 1.56 bits per heavy atom. The van der Waals surface area contributed by atoms with E-state index in [0.717, 1.165) is 30.5 Å². The van der Waals surface area contributed by atoms with E-state index in [4.69, 9.17) is 0 Å². The molecule has 1 aliphatic heterocycles. The minimum absolute atomic E-state index is 0.0242. The van der Waals surface area contributed by atoms with E-state index >= 15 is 0 Å². The van der Waals surface area contributed by atoms with Crippen LogP contribution in [0, 0.1) is 5.92 Å². The van der Waals surface area contributed by atoms with Crippen molar-refractivity contribution in [3.63, 3.8) is 0 Å². The molecule has 1 aromatic heterocycles. The first-order chi connectivity index (χ1) is 8.69. The van der Waals surface area contributed by atoms with Crippen molar-refractivity contribution in [2.75, 3.05) is 23.3 Å². The van der Waals surface area contributed by atoms with Gasteiger partial charge in [0.2, 0.25) is 5.91 Å². The first-order valence-electron chi connectivity index (χ1n) is 6.70. The lowest BCUT2D eigenvalue weighted by molar-refractivity contribution is -0.115. The molecule has 1 N–H and O–H groups in total. The topological polar surface area (TPSA) is 45.2 Å². The van der Waals surface area contributed by atoms with Gasteiger partial charge in [-0.2, -0.15) is 0 Å². The van der Waals surface area contributed by atoms with Gasteiger partial charge in [-0.05, 0) is 30.9 Å². The summed E-state index contributed by atoms with van der Waals surface area (Å²) < 4.78 is 0. The number of aromatic nitrogens is 1. The van der Waals surface area contributed by atoms with Crippen molar-refractivity contribution < 1.29 is 4.79 Å². The van der Waals surface area contributed by atoms with Crippen molar-refractivity contribution in [3.8, 4) is 0 Å². The molecule has 1 aromatic rings. The molecule has 0 saturated carbocycles. The molecule has 1 aliphatic rings. The molecule has 0 bridgehead atoms. The molecule has 0 radical (unpaired) electrons. The molecular weight excluding hydrogens is 226 g/mol. The number of nitrogens with zero attached hydrogens (tertiary/aromatic N) is 2. The van der Waals surface area contributed by atoms with Crippen molar-refractivity contribution in [3.05, 3.63) is 18.3 Å². The van der Waals surface area contributed by atoms with Gasteiger partial charge in [-0.1, -0.05) is 13.8 Å². The van der Waals surface area contributed by atoms with Gasteiger partial charge in [0, 0.05) is 19.5 Å². The van der Waals surface area contributed by atoms with Crippen LogP contribution in [-0.2, 0) is 4.79 Å². The Morgan fingerprint density at radius 3 is 3.00 bits per heavy atom. The third-order valence-corrected chi connectivity index (χ3v) is 3.33. The summed E-state index contributed by atoms with van der Waals surface area (Å²) >= 11 is 0. The van der Waals surface area contributed by atoms with E-state index in [9.17, 15) is 4.79 Å². The number of anilines is 2. The van der Waals surface area contributed by atoms with Gasteiger partial charge >= 0.3 is 0 Å². The highest BCUT2D eigenvalue weighted by Crippen LogP contribution is 2.21. The summed E-state index contributed by atoms with van der Waals surface area (Å²) in [5, 5.41) is 2.81. The number of piperidine rings is 1. The number of pyridine rings is 1. The fourth-order valence-corrected chi connectivity index (χ4v) is 2.29. The lowest BCUT2D eigenvalue weighted by Crippen LogP contribution is -2.34. The number of rotatable bonds is 3. The van der Waals surface area contributed by atoms with E-state index in [0.29, 0.717) is 6.42 Å². The van der Waals surface area contributed by atoms with Crippen LogP contribution in [0.15, 0.2) is 18.3 Å².